The Labute approximate surface area is 164 Å². The molecule has 2 rings (SSSR count). The third kappa shape index (κ3) is 4.98. The maximum absolute atomic E-state index is 12.5. The highest BCUT2D eigenvalue weighted by molar-refractivity contribution is 6.09. The Hall–Kier alpha value is -3.59. The molecular formula is C22H23N3O3. The average molecular weight is 377 g/mol. The molecule has 2 aromatic carbocycles. The van der Waals surface area contributed by atoms with Gasteiger partial charge in [0.05, 0.1) is 17.9 Å². The van der Waals surface area contributed by atoms with Gasteiger partial charge >= 0.3 is 5.97 Å². The molecule has 0 aliphatic rings. The van der Waals surface area contributed by atoms with Gasteiger partial charge in [0.1, 0.15) is 11.6 Å². The SMILES string of the molecule is CCOC(=O)c1ccccc1NC(=O)/C(C#N)=C\Nc1c(C)cc(C)cc1C. The number of amides is 1. The second-order valence-electron chi connectivity index (χ2n) is 6.31. The standard InChI is InChI=1S/C22H23N3O3/c1-5-28-22(27)18-8-6-7-9-19(18)25-21(26)17(12-23)13-24-20-15(3)10-14(2)11-16(20)4/h6-11,13,24H,5H2,1-4H3,(H,25,26)/b17-13-. The molecule has 0 fully saturated rings. The van der Waals surface area contributed by atoms with Crippen LogP contribution in [0.3, 0.4) is 0 Å². The monoisotopic (exact) mass is 377 g/mol. The van der Waals surface area contributed by atoms with Crippen molar-refractivity contribution in [2.75, 3.05) is 17.2 Å². The molecule has 0 spiro atoms. The van der Waals surface area contributed by atoms with Crippen LogP contribution in [-0.4, -0.2) is 18.5 Å². The fraction of sp³-hybridized carbons (Fsp3) is 0.227. The maximum Gasteiger partial charge on any atom is 0.340 e. The van der Waals surface area contributed by atoms with E-state index in [2.05, 4.69) is 10.6 Å². The van der Waals surface area contributed by atoms with Crippen molar-refractivity contribution in [1.82, 2.24) is 0 Å². The lowest BCUT2D eigenvalue weighted by Crippen LogP contribution is -2.17. The summed E-state index contributed by atoms with van der Waals surface area (Å²) in [6.45, 7) is 7.85. The van der Waals surface area contributed by atoms with Gasteiger partial charge < -0.3 is 15.4 Å². The molecule has 0 heterocycles. The van der Waals surface area contributed by atoms with Gasteiger partial charge in [0, 0.05) is 11.9 Å². The van der Waals surface area contributed by atoms with Crippen LogP contribution >= 0.6 is 0 Å². The molecule has 0 atom stereocenters. The van der Waals surface area contributed by atoms with E-state index >= 15 is 0 Å². The summed E-state index contributed by atoms with van der Waals surface area (Å²) in [5, 5.41) is 15.0. The van der Waals surface area contributed by atoms with Gasteiger partial charge in [-0.1, -0.05) is 29.8 Å². The number of anilines is 2. The van der Waals surface area contributed by atoms with Gasteiger partial charge in [-0.15, -0.1) is 0 Å². The highest BCUT2D eigenvalue weighted by Gasteiger charge is 2.16. The van der Waals surface area contributed by atoms with Crippen molar-refractivity contribution in [2.24, 2.45) is 0 Å². The molecule has 0 unspecified atom stereocenters. The first kappa shape index (κ1) is 20.7. The normalized spacial score (nSPS) is 10.8. The predicted molar refractivity (Wildman–Crippen MR) is 109 cm³/mol. The number of nitrogens with zero attached hydrogens (tertiary/aromatic N) is 1. The Kier molecular flexibility index (Phi) is 6.94. The van der Waals surface area contributed by atoms with Gasteiger partial charge in [-0.2, -0.15) is 5.26 Å². The largest absolute Gasteiger partial charge is 0.462 e. The predicted octanol–water partition coefficient (Wildman–Crippen LogP) is 4.25. The quantitative estimate of drug-likeness (QED) is 0.446. The van der Waals surface area contributed by atoms with Crippen LogP contribution in [0.4, 0.5) is 11.4 Å². The first-order valence-electron chi connectivity index (χ1n) is 8.89. The number of para-hydroxylation sites is 1. The van der Waals surface area contributed by atoms with Gasteiger partial charge in [-0.05, 0) is 51.0 Å². The Balaban J connectivity index is 2.23. The van der Waals surface area contributed by atoms with Crippen LogP contribution in [0.25, 0.3) is 0 Å². The summed E-state index contributed by atoms with van der Waals surface area (Å²) in [6.07, 6.45) is 1.37. The summed E-state index contributed by atoms with van der Waals surface area (Å²) in [4.78, 5) is 24.6. The molecule has 6 heteroatoms. The van der Waals surface area contributed by atoms with Crippen molar-refractivity contribution in [1.29, 1.82) is 5.26 Å². The number of hydrogen-bond donors (Lipinski definition) is 2. The molecule has 0 radical (unpaired) electrons. The van der Waals surface area contributed by atoms with E-state index in [9.17, 15) is 14.9 Å². The molecule has 0 aliphatic carbocycles. The van der Waals surface area contributed by atoms with Crippen LogP contribution in [0.15, 0.2) is 48.2 Å². The molecule has 2 N–H and O–H groups in total. The van der Waals surface area contributed by atoms with E-state index in [0.29, 0.717) is 0 Å². The van der Waals surface area contributed by atoms with Crippen molar-refractivity contribution >= 4 is 23.3 Å². The summed E-state index contributed by atoms with van der Waals surface area (Å²) in [6, 6.07) is 12.4. The van der Waals surface area contributed by atoms with Crippen molar-refractivity contribution in [3.8, 4) is 6.07 Å². The lowest BCUT2D eigenvalue weighted by Gasteiger charge is -2.12. The third-order valence-electron chi connectivity index (χ3n) is 4.07. The molecule has 144 valence electrons. The first-order chi connectivity index (χ1) is 13.4. The topological polar surface area (TPSA) is 91.2 Å². The van der Waals surface area contributed by atoms with E-state index < -0.39 is 11.9 Å². The van der Waals surface area contributed by atoms with Gasteiger partial charge in [-0.3, -0.25) is 4.79 Å². The number of ether oxygens (including phenoxy) is 1. The number of nitrogens with one attached hydrogen (secondary N) is 2. The fourth-order valence-corrected chi connectivity index (χ4v) is 2.87. The van der Waals surface area contributed by atoms with Gasteiger partial charge in [0.2, 0.25) is 0 Å². The number of benzene rings is 2. The molecule has 0 saturated carbocycles. The fourth-order valence-electron chi connectivity index (χ4n) is 2.87. The number of aryl methyl sites for hydroxylation is 3. The van der Waals surface area contributed by atoms with Crippen molar-refractivity contribution < 1.29 is 14.3 Å². The van der Waals surface area contributed by atoms with E-state index in [4.69, 9.17) is 4.74 Å². The molecule has 0 aliphatic heterocycles. The van der Waals surface area contributed by atoms with Crippen LogP contribution in [0.5, 0.6) is 0 Å². The van der Waals surface area contributed by atoms with Crippen molar-refractivity contribution in [2.45, 2.75) is 27.7 Å². The van der Waals surface area contributed by atoms with Crippen LogP contribution in [0.2, 0.25) is 0 Å². The Morgan fingerprint density at radius 3 is 2.39 bits per heavy atom. The molecule has 0 aromatic heterocycles. The summed E-state index contributed by atoms with van der Waals surface area (Å²) < 4.78 is 5.00. The minimum Gasteiger partial charge on any atom is -0.462 e. The lowest BCUT2D eigenvalue weighted by atomic mass is 10.1. The zero-order chi connectivity index (χ0) is 20.7. The Morgan fingerprint density at radius 1 is 1.14 bits per heavy atom. The molecule has 1 amide bonds. The molecule has 6 nitrogen and oxygen atoms in total. The van der Waals surface area contributed by atoms with Crippen molar-refractivity contribution in [3.63, 3.8) is 0 Å². The number of hydrogen-bond acceptors (Lipinski definition) is 5. The number of carbonyl (C=O) groups excluding carboxylic acids is 2. The highest BCUT2D eigenvalue weighted by atomic mass is 16.5. The van der Waals surface area contributed by atoms with Crippen LogP contribution in [-0.2, 0) is 9.53 Å². The zero-order valence-corrected chi connectivity index (χ0v) is 16.4. The van der Waals surface area contributed by atoms with Gasteiger partial charge in [0.25, 0.3) is 5.91 Å². The molecule has 0 bridgehead atoms. The van der Waals surface area contributed by atoms with Gasteiger partial charge in [-0.25, -0.2) is 4.79 Å². The Morgan fingerprint density at radius 2 is 1.79 bits per heavy atom. The summed E-state index contributed by atoms with van der Waals surface area (Å²) in [5.41, 5.74) is 4.41. The summed E-state index contributed by atoms with van der Waals surface area (Å²) >= 11 is 0. The minimum atomic E-state index is -0.617. The number of carbonyl (C=O) groups is 2. The first-order valence-corrected chi connectivity index (χ1v) is 8.89. The van der Waals surface area contributed by atoms with E-state index in [1.165, 1.54) is 6.20 Å². The number of rotatable bonds is 6. The second kappa shape index (κ2) is 9.38. The molecule has 2 aromatic rings. The van der Waals surface area contributed by atoms with E-state index in [1.807, 2.05) is 39.0 Å². The third-order valence-corrected chi connectivity index (χ3v) is 4.07. The highest BCUT2D eigenvalue weighted by Crippen LogP contribution is 2.22. The van der Waals surface area contributed by atoms with Crippen molar-refractivity contribution in [3.05, 3.63) is 70.4 Å². The molecule has 0 saturated heterocycles. The zero-order valence-electron chi connectivity index (χ0n) is 16.4. The number of nitriles is 1. The van der Waals surface area contributed by atoms with Crippen LogP contribution in [0.1, 0.15) is 34.0 Å². The molecule has 28 heavy (non-hydrogen) atoms. The van der Waals surface area contributed by atoms with Crippen LogP contribution < -0.4 is 10.6 Å². The average Bonchev–Trinajstić information content (AvgIpc) is 2.64. The summed E-state index contributed by atoms with van der Waals surface area (Å²) in [5.74, 6) is -1.15. The van der Waals surface area contributed by atoms with E-state index in [0.717, 1.165) is 22.4 Å². The van der Waals surface area contributed by atoms with E-state index in [-0.39, 0.29) is 23.4 Å². The smallest absolute Gasteiger partial charge is 0.340 e. The lowest BCUT2D eigenvalue weighted by molar-refractivity contribution is -0.112. The Bertz CT molecular complexity index is 948. The minimum absolute atomic E-state index is 0.113. The summed E-state index contributed by atoms with van der Waals surface area (Å²) in [7, 11) is 0. The van der Waals surface area contributed by atoms with Gasteiger partial charge in [0.15, 0.2) is 0 Å². The maximum atomic E-state index is 12.5. The van der Waals surface area contributed by atoms with Crippen LogP contribution in [0, 0.1) is 32.1 Å². The number of esters is 1. The molecular weight excluding hydrogens is 354 g/mol. The second-order valence-corrected chi connectivity index (χ2v) is 6.31. The van der Waals surface area contributed by atoms with E-state index in [1.54, 1.807) is 31.2 Å².